The molecule has 150 valence electrons. The van der Waals surface area contributed by atoms with Crippen molar-refractivity contribution in [3.8, 4) is 12.3 Å². The van der Waals surface area contributed by atoms with Crippen molar-refractivity contribution in [1.82, 2.24) is 20.2 Å². The number of aromatic nitrogens is 2. The maximum Gasteiger partial charge on any atom is 0.299 e. The first-order valence-electron chi connectivity index (χ1n) is 10.3. The van der Waals surface area contributed by atoms with Crippen molar-refractivity contribution < 1.29 is 9.59 Å². The van der Waals surface area contributed by atoms with Gasteiger partial charge in [-0.1, -0.05) is 24.3 Å². The molecule has 1 fully saturated rings. The Morgan fingerprint density at radius 1 is 1.20 bits per heavy atom. The van der Waals surface area contributed by atoms with Gasteiger partial charge in [0.1, 0.15) is 5.69 Å². The fourth-order valence-electron chi connectivity index (χ4n) is 4.40. The summed E-state index contributed by atoms with van der Waals surface area (Å²) >= 11 is 0. The number of aromatic amines is 1. The molecule has 2 aliphatic rings. The summed E-state index contributed by atoms with van der Waals surface area (Å²) in [5.41, 5.74) is 4.40. The molecule has 1 aliphatic heterocycles. The highest BCUT2D eigenvalue weighted by atomic mass is 16.2. The van der Waals surface area contributed by atoms with E-state index < -0.39 is 0 Å². The Labute approximate surface area is 174 Å². The summed E-state index contributed by atoms with van der Waals surface area (Å²) in [5.74, 6) is 1.75. The molecular weight excluding hydrogens is 376 g/mol. The summed E-state index contributed by atoms with van der Waals surface area (Å²) < 4.78 is 0. The number of hydrogen-bond donors (Lipinski definition) is 2. The maximum absolute atomic E-state index is 12.5. The highest BCUT2D eigenvalue weighted by Crippen LogP contribution is 2.38. The lowest BCUT2D eigenvalue weighted by Gasteiger charge is -2.34. The molecule has 2 N–H and O–H groups in total. The number of H-pyrrole nitrogens is 1. The average molecular weight is 398 g/mol. The third-order valence-electron chi connectivity index (χ3n) is 6.19. The number of carbonyl (C=O) groups excluding carboxylic acids is 2. The van der Waals surface area contributed by atoms with Crippen LogP contribution >= 0.6 is 0 Å². The summed E-state index contributed by atoms with van der Waals surface area (Å²) in [7, 11) is 0. The van der Waals surface area contributed by atoms with Gasteiger partial charge in [-0.2, -0.15) is 0 Å². The number of fused-ring (bicyclic) bond motifs is 3. The van der Waals surface area contributed by atoms with Crippen LogP contribution in [0.5, 0.6) is 0 Å². The summed E-state index contributed by atoms with van der Waals surface area (Å²) in [6, 6.07) is 11.6. The van der Waals surface area contributed by atoms with Gasteiger partial charge in [-0.3, -0.25) is 14.6 Å². The standard InChI is InChI=1S/C24H22N4O2/c1-2-21(29)28-13-12-18-17-8-3-4-9-19(17)27-22(18)23(28)15-10-11-20(25-14-15)24(30)26-16-6-5-7-16/h1,3-4,8-11,14,16,23,27H,5-7,12-13H2,(H,26,30)/t23-/m0/s1. The molecule has 1 saturated carbocycles. The Bertz CT molecular complexity index is 1170. The van der Waals surface area contributed by atoms with Gasteiger partial charge < -0.3 is 15.2 Å². The monoisotopic (exact) mass is 398 g/mol. The van der Waals surface area contributed by atoms with Gasteiger partial charge >= 0.3 is 0 Å². The number of carbonyl (C=O) groups is 2. The summed E-state index contributed by atoms with van der Waals surface area (Å²) in [4.78, 5) is 34.5. The lowest BCUT2D eigenvalue weighted by atomic mass is 9.92. The van der Waals surface area contributed by atoms with Crippen LogP contribution in [0.25, 0.3) is 10.9 Å². The van der Waals surface area contributed by atoms with Crippen LogP contribution in [0.2, 0.25) is 0 Å². The van der Waals surface area contributed by atoms with E-state index in [1.54, 1.807) is 17.2 Å². The van der Waals surface area contributed by atoms with Crippen LogP contribution in [0.15, 0.2) is 42.6 Å². The first kappa shape index (κ1) is 18.4. The van der Waals surface area contributed by atoms with Crippen LogP contribution in [-0.2, 0) is 11.2 Å². The van der Waals surface area contributed by atoms with Crippen LogP contribution in [0.3, 0.4) is 0 Å². The third-order valence-corrected chi connectivity index (χ3v) is 6.19. The van der Waals surface area contributed by atoms with Crippen LogP contribution < -0.4 is 5.32 Å². The maximum atomic E-state index is 12.5. The average Bonchev–Trinajstić information content (AvgIpc) is 3.13. The number of nitrogens with one attached hydrogen (secondary N) is 2. The van der Waals surface area contributed by atoms with E-state index >= 15 is 0 Å². The van der Waals surface area contributed by atoms with Crippen molar-refractivity contribution in [2.24, 2.45) is 0 Å². The van der Waals surface area contributed by atoms with Crippen molar-refractivity contribution in [3.05, 3.63) is 65.1 Å². The zero-order chi connectivity index (χ0) is 20.7. The molecular formula is C24H22N4O2. The predicted octanol–water partition coefficient (Wildman–Crippen LogP) is 2.95. The van der Waals surface area contributed by atoms with E-state index in [1.165, 1.54) is 5.56 Å². The first-order valence-corrected chi connectivity index (χ1v) is 10.3. The molecule has 0 unspecified atom stereocenters. The van der Waals surface area contributed by atoms with Crippen molar-refractivity contribution in [2.45, 2.75) is 37.8 Å². The van der Waals surface area contributed by atoms with E-state index in [2.05, 4.69) is 27.3 Å². The van der Waals surface area contributed by atoms with Gasteiger partial charge in [0.15, 0.2) is 0 Å². The molecule has 2 amide bonds. The van der Waals surface area contributed by atoms with E-state index in [0.29, 0.717) is 12.2 Å². The number of amides is 2. The van der Waals surface area contributed by atoms with Crippen LogP contribution in [0.4, 0.5) is 0 Å². The molecule has 3 heterocycles. The predicted molar refractivity (Wildman–Crippen MR) is 114 cm³/mol. The Hall–Kier alpha value is -3.59. The van der Waals surface area contributed by atoms with Crippen LogP contribution in [0, 0.1) is 12.3 Å². The molecule has 1 atom stereocenters. The molecule has 1 aliphatic carbocycles. The smallest absolute Gasteiger partial charge is 0.299 e. The molecule has 3 aromatic rings. The minimum atomic E-state index is -0.360. The van der Waals surface area contributed by atoms with Gasteiger partial charge in [-0.05, 0) is 54.9 Å². The fourth-order valence-corrected chi connectivity index (χ4v) is 4.40. The Balaban J connectivity index is 1.52. The topological polar surface area (TPSA) is 78.1 Å². The number of hydrogen-bond acceptors (Lipinski definition) is 3. The minimum Gasteiger partial charge on any atom is -0.356 e. The minimum absolute atomic E-state index is 0.155. The van der Waals surface area contributed by atoms with Crippen molar-refractivity contribution in [3.63, 3.8) is 0 Å². The van der Waals surface area contributed by atoms with Gasteiger partial charge in [0, 0.05) is 35.4 Å². The Morgan fingerprint density at radius 2 is 2.03 bits per heavy atom. The quantitative estimate of drug-likeness (QED) is 0.666. The number of terminal acetylenes is 1. The van der Waals surface area contributed by atoms with Gasteiger partial charge in [0.25, 0.3) is 11.8 Å². The molecule has 1 aromatic carbocycles. The van der Waals surface area contributed by atoms with Crippen molar-refractivity contribution in [1.29, 1.82) is 0 Å². The third kappa shape index (κ3) is 3.03. The molecule has 0 radical (unpaired) electrons. The number of rotatable bonds is 3. The second-order valence-corrected chi connectivity index (χ2v) is 7.94. The largest absolute Gasteiger partial charge is 0.356 e. The molecule has 6 nitrogen and oxygen atoms in total. The lowest BCUT2D eigenvalue weighted by molar-refractivity contribution is -0.127. The van der Waals surface area contributed by atoms with Crippen LogP contribution in [0.1, 0.15) is 52.6 Å². The zero-order valence-corrected chi connectivity index (χ0v) is 16.5. The van der Waals surface area contributed by atoms with E-state index in [9.17, 15) is 9.59 Å². The van der Waals surface area contributed by atoms with Crippen molar-refractivity contribution in [2.75, 3.05) is 6.54 Å². The van der Waals surface area contributed by atoms with Gasteiger partial charge in [-0.15, -0.1) is 6.42 Å². The highest BCUT2D eigenvalue weighted by molar-refractivity contribution is 5.95. The number of para-hydroxylation sites is 1. The summed E-state index contributed by atoms with van der Waals surface area (Å²) in [5, 5.41) is 4.16. The number of benzene rings is 1. The molecule has 0 spiro atoms. The number of nitrogens with zero attached hydrogens (tertiary/aromatic N) is 2. The molecule has 0 bridgehead atoms. The first-order chi connectivity index (χ1) is 14.7. The van der Waals surface area contributed by atoms with Gasteiger partial charge in [0.05, 0.1) is 6.04 Å². The zero-order valence-electron chi connectivity index (χ0n) is 16.5. The van der Waals surface area contributed by atoms with E-state index in [1.807, 2.05) is 24.3 Å². The second-order valence-electron chi connectivity index (χ2n) is 7.94. The molecule has 2 aromatic heterocycles. The second kappa shape index (κ2) is 7.34. The SMILES string of the molecule is C#CC(=O)N1CCc2c([nH]c3ccccc23)[C@@H]1c1ccc(C(=O)NC2CCC2)nc1. The van der Waals surface area contributed by atoms with Gasteiger partial charge in [0.2, 0.25) is 0 Å². The van der Waals surface area contributed by atoms with E-state index in [-0.39, 0.29) is 23.9 Å². The Morgan fingerprint density at radius 3 is 2.73 bits per heavy atom. The summed E-state index contributed by atoms with van der Waals surface area (Å²) in [6.07, 6.45) is 11.1. The van der Waals surface area contributed by atoms with E-state index in [0.717, 1.165) is 47.8 Å². The molecule has 6 heteroatoms. The van der Waals surface area contributed by atoms with Crippen LogP contribution in [-0.4, -0.2) is 39.3 Å². The summed E-state index contributed by atoms with van der Waals surface area (Å²) in [6.45, 7) is 0.534. The normalized spacial score (nSPS) is 18.4. The fraction of sp³-hybridized carbons (Fsp3) is 0.292. The lowest BCUT2D eigenvalue weighted by Crippen LogP contribution is -2.40. The molecule has 30 heavy (non-hydrogen) atoms. The van der Waals surface area contributed by atoms with E-state index in [4.69, 9.17) is 6.42 Å². The molecule has 0 saturated heterocycles. The number of pyridine rings is 1. The van der Waals surface area contributed by atoms with Crippen molar-refractivity contribution >= 4 is 22.7 Å². The molecule has 5 rings (SSSR count). The van der Waals surface area contributed by atoms with Gasteiger partial charge in [-0.25, -0.2) is 0 Å². The Kier molecular flexibility index (Phi) is 4.51. The highest BCUT2D eigenvalue weighted by Gasteiger charge is 2.34.